The maximum atomic E-state index is 7.89. The van der Waals surface area contributed by atoms with Crippen LogP contribution >= 0.6 is 23.2 Å². The van der Waals surface area contributed by atoms with Gasteiger partial charge in [-0.1, -0.05) is 36.9 Å². The molecule has 0 unspecified atom stereocenters. The number of nitrogens with zero attached hydrogens (tertiary/aromatic N) is 2. The van der Waals surface area contributed by atoms with Crippen LogP contribution in [0.1, 0.15) is 36.1 Å². The van der Waals surface area contributed by atoms with Crippen molar-refractivity contribution in [3.8, 4) is 0 Å². The fourth-order valence-corrected chi connectivity index (χ4v) is 0.795. The van der Waals surface area contributed by atoms with Crippen molar-refractivity contribution in [2.75, 3.05) is 0 Å². The molecule has 11 heavy (non-hydrogen) atoms. The second-order valence-corrected chi connectivity index (χ2v) is 2.37. The number of aromatic nitrogens is 2. The zero-order chi connectivity index (χ0) is 15.2. The Morgan fingerprint density at radius 1 is 1.64 bits per heavy atom. The van der Waals surface area contributed by atoms with Crippen LogP contribution in [0.2, 0.25) is 10.3 Å². The van der Waals surface area contributed by atoms with Gasteiger partial charge in [0, 0.05) is 9.60 Å². The minimum Gasteiger partial charge on any atom is -0.137 e. The lowest BCUT2D eigenvalue weighted by Gasteiger charge is -2.05. The molecule has 0 aromatic carbocycles. The maximum absolute atomic E-state index is 7.89. The molecule has 0 radical (unpaired) electrons. The van der Waals surface area contributed by atoms with Gasteiger partial charge in [0.05, 0.1) is 1.37 Å². The number of hydrogen-bond donors (Lipinski definition) is 0. The smallest absolute Gasteiger partial charge is 0.137 e. The van der Waals surface area contributed by atoms with Crippen molar-refractivity contribution in [2.45, 2.75) is 19.6 Å². The number of halogens is 2. The molecular formula is C7H8Cl2N2. The van der Waals surface area contributed by atoms with Crippen LogP contribution in [0, 0.1) is 0 Å². The van der Waals surface area contributed by atoms with E-state index in [1.165, 1.54) is 0 Å². The van der Waals surface area contributed by atoms with Gasteiger partial charge in [0.15, 0.2) is 10.3 Å². The van der Waals surface area contributed by atoms with Crippen molar-refractivity contribution in [1.29, 1.82) is 0 Å². The minimum absolute atomic E-state index is 0.524. The molecule has 1 heterocycles. The maximum Gasteiger partial charge on any atom is 0.155 e. The largest absolute Gasteiger partial charge is 0.155 e. The molecule has 0 aliphatic heterocycles. The summed E-state index contributed by atoms with van der Waals surface area (Å²) in [6.45, 7) is -6.52. The Kier molecular flexibility index (Phi) is 0.875. The van der Waals surface area contributed by atoms with Crippen molar-refractivity contribution in [3.63, 3.8) is 0 Å². The summed E-state index contributed by atoms with van der Waals surface area (Å²) in [4.78, 5) is 0. The molecule has 60 valence electrons. The fourth-order valence-electron chi connectivity index (χ4n) is 0.483. The molecule has 1 aromatic heterocycles. The summed E-state index contributed by atoms with van der Waals surface area (Å²) in [5.41, 5.74) is -0.783. The van der Waals surface area contributed by atoms with Gasteiger partial charge < -0.3 is 0 Å². The third kappa shape index (κ3) is 2.04. The molecule has 0 amide bonds. The topological polar surface area (TPSA) is 25.8 Å². The van der Waals surface area contributed by atoms with Crippen LogP contribution in [-0.4, -0.2) is 10.2 Å². The Morgan fingerprint density at radius 2 is 2.36 bits per heavy atom. The summed E-state index contributed by atoms with van der Waals surface area (Å²) in [7, 11) is 0. The molecule has 0 fully saturated rings. The second kappa shape index (κ2) is 3.37. The summed E-state index contributed by atoms with van der Waals surface area (Å²) in [6, 6.07) is -0.732. The van der Waals surface area contributed by atoms with Crippen LogP contribution in [0.4, 0.5) is 0 Å². The van der Waals surface area contributed by atoms with E-state index in [4.69, 9.17) is 34.2 Å². The van der Waals surface area contributed by atoms with Crippen LogP contribution in [0.25, 0.3) is 0 Å². The van der Waals surface area contributed by atoms with Gasteiger partial charge >= 0.3 is 0 Å². The van der Waals surface area contributed by atoms with Crippen LogP contribution < -0.4 is 0 Å². The Hall–Kier alpha value is -0.340. The van der Waals surface area contributed by atoms with Crippen LogP contribution in [-0.2, 0) is 0 Å². The lowest BCUT2D eigenvalue weighted by Crippen LogP contribution is -1.93. The van der Waals surface area contributed by atoms with Gasteiger partial charge in [-0.15, -0.1) is 10.2 Å². The van der Waals surface area contributed by atoms with E-state index in [0.29, 0.717) is 0 Å². The van der Waals surface area contributed by atoms with Gasteiger partial charge in [-0.3, -0.25) is 0 Å². The molecule has 0 aliphatic rings. The summed E-state index contributed by atoms with van der Waals surface area (Å²) in [5, 5.41) is 5.37. The van der Waals surface area contributed by atoms with Crippen molar-refractivity contribution in [1.82, 2.24) is 10.2 Å². The van der Waals surface area contributed by atoms with E-state index in [-0.39, 0.29) is 0 Å². The zero-order valence-corrected chi connectivity index (χ0v) is 6.66. The molecule has 0 bridgehead atoms. The summed E-state index contributed by atoms with van der Waals surface area (Å²) in [5.74, 6) is -3.12. The molecule has 0 N–H and O–H groups in total. The Balaban J connectivity index is 3.76. The molecule has 2 nitrogen and oxygen atoms in total. The van der Waals surface area contributed by atoms with E-state index < -0.39 is 41.5 Å². The first-order valence-corrected chi connectivity index (χ1v) is 3.28. The summed E-state index contributed by atoms with van der Waals surface area (Å²) < 4.78 is 59.3. The Morgan fingerprint density at radius 3 is 3.00 bits per heavy atom. The lowest BCUT2D eigenvalue weighted by molar-refractivity contribution is 0.842. The Bertz CT molecular complexity index is 483. The van der Waals surface area contributed by atoms with Crippen LogP contribution in [0.3, 0.4) is 0 Å². The van der Waals surface area contributed by atoms with Gasteiger partial charge in [0.2, 0.25) is 0 Å². The highest BCUT2D eigenvalue weighted by atomic mass is 35.5. The molecule has 0 atom stereocenters. The average molecular weight is 199 g/mol. The molecule has 0 aliphatic carbocycles. The number of rotatable bonds is 1. The second-order valence-electron chi connectivity index (χ2n) is 1.66. The highest BCUT2D eigenvalue weighted by Crippen LogP contribution is 2.22. The first-order chi connectivity index (χ1) is 8.34. The molecule has 0 spiro atoms. The van der Waals surface area contributed by atoms with Crippen molar-refractivity contribution < 1.29 is 11.0 Å². The molecular weight excluding hydrogens is 183 g/mol. The summed E-state index contributed by atoms with van der Waals surface area (Å²) >= 11 is 11.1. The van der Waals surface area contributed by atoms with E-state index in [9.17, 15) is 0 Å². The Labute approximate surface area is 86.8 Å². The molecule has 1 rings (SSSR count). The molecule has 4 heteroatoms. The quantitative estimate of drug-likeness (QED) is 0.694. The third-order valence-electron chi connectivity index (χ3n) is 0.910. The van der Waals surface area contributed by atoms with Crippen LogP contribution in [0.5, 0.6) is 0 Å². The normalized spacial score (nSPS) is 24.5. The van der Waals surface area contributed by atoms with Crippen molar-refractivity contribution >= 4 is 23.2 Å². The third-order valence-corrected chi connectivity index (χ3v) is 1.34. The van der Waals surface area contributed by atoms with Gasteiger partial charge in [-0.05, 0) is 17.5 Å². The first kappa shape index (κ1) is 2.86. The molecule has 0 saturated heterocycles. The van der Waals surface area contributed by atoms with E-state index in [1.54, 1.807) is 0 Å². The number of hydrogen-bond acceptors (Lipinski definition) is 2. The monoisotopic (exact) mass is 198 g/mol. The predicted octanol–water partition coefficient (Wildman–Crippen LogP) is 2.91. The van der Waals surface area contributed by atoms with E-state index >= 15 is 0 Å². The van der Waals surface area contributed by atoms with Gasteiger partial charge in [-0.25, -0.2) is 0 Å². The SMILES string of the molecule is [2H]c1c(Cl)nnc(Cl)c1C([2H])(C([2H])([2H])[2H])C([2H])([2H])[2H]. The van der Waals surface area contributed by atoms with E-state index in [0.717, 1.165) is 0 Å². The van der Waals surface area contributed by atoms with E-state index in [2.05, 4.69) is 10.2 Å². The highest BCUT2D eigenvalue weighted by molar-refractivity contribution is 6.31. The zero-order valence-electron chi connectivity index (χ0n) is 13.2. The fraction of sp³-hybridized carbons (Fsp3) is 0.429. The first-order valence-electron chi connectivity index (χ1n) is 6.53. The highest BCUT2D eigenvalue weighted by Gasteiger charge is 2.06. The average Bonchev–Trinajstić information content (AvgIpc) is 2.20. The van der Waals surface area contributed by atoms with Crippen LogP contribution in [0.15, 0.2) is 6.04 Å². The van der Waals surface area contributed by atoms with Gasteiger partial charge in [-0.2, -0.15) is 0 Å². The van der Waals surface area contributed by atoms with E-state index in [1.807, 2.05) is 0 Å². The molecule has 0 saturated carbocycles. The van der Waals surface area contributed by atoms with Gasteiger partial charge in [0.1, 0.15) is 0 Å². The standard InChI is InChI=1S/C7H8Cl2N2/c1-4(2)5-3-6(8)10-11-7(5)9/h3-4H,1-2H3/i1D3,2D3,3D,4D. The predicted molar refractivity (Wildman–Crippen MR) is 46.1 cm³/mol. The van der Waals surface area contributed by atoms with Crippen molar-refractivity contribution in [3.05, 3.63) is 21.9 Å². The minimum atomic E-state index is -3.26. The van der Waals surface area contributed by atoms with Gasteiger partial charge in [0.25, 0.3) is 0 Å². The lowest BCUT2D eigenvalue weighted by atomic mass is 10.1. The molecule has 1 aromatic rings. The summed E-state index contributed by atoms with van der Waals surface area (Å²) in [6.07, 6.45) is 0. The van der Waals surface area contributed by atoms with Crippen molar-refractivity contribution in [2.24, 2.45) is 0 Å².